The first kappa shape index (κ1) is 51.7. The van der Waals surface area contributed by atoms with E-state index in [2.05, 4.69) is 0 Å². The molecule has 2 fully saturated rings. The molecule has 0 radical (unpaired) electrons. The van der Waals surface area contributed by atoms with Gasteiger partial charge in [-0.2, -0.15) is 8.42 Å². The molecule has 8 rings (SSSR count). The fraction of sp³-hybridized carbons (Fsp3) is 0.339. The van der Waals surface area contributed by atoms with E-state index in [0.29, 0.717) is 0 Å². The van der Waals surface area contributed by atoms with Gasteiger partial charge in [0, 0.05) is 6.92 Å². The van der Waals surface area contributed by atoms with E-state index >= 15 is 0 Å². The molecule has 2 aliphatic rings. The molecule has 14 nitrogen and oxygen atoms in total. The lowest BCUT2D eigenvalue weighted by Crippen LogP contribution is -2.66. The SMILES string of the molecule is CC(=O)O[C@H]1[C@H](OCc2ccccc2)[C@@H](OCc2ccccc2)[C@H](O[C@H]2[C@H](OCc3ccccc3)[C@@H](OCc3ccccc3)[C@H](O)O[C@@H]2COCc2ccccc2)O[C@@H]1COS(=O)(=O)c1ccc(C)cc1. The number of ether oxygens (including phenoxy) is 9. The van der Waals surface area contributed by atoms with Crippen LogP contribution in [0.4, 0.5) is 0 Å². The highest BCUT2D eigenvalue weighted by Crippen LogP contribution is 2.36. The van der Waals surface area contributed by atoms with Crippen LogP contribution in [0.5, 0.6) is 0 Å². The summed E-state index contributed by atoms with van der Waals surface area (Å²) >= 11 is 0. The summed E-state index contributed by atoms with van der Waals surface area (Å²) in [6.07, 6.45) is -12.2. The molecule has 0 unspecified atom stereocenters. The second-order valence-corrected chi connectivity index (χ2v) is 19.0. The molecule has 71 heavy (non-hydrogen) atoms. The molecule has 1 N–H and O–H groups in total. The van der Waals surface area contributed by atoms with Gasteiger partial charge in [-0.25, -0.2) is 0 Å². The van der Waals surface area contributed by atoms with Crippen molar-refractivity contribution in [3.05, 3.63) is 209 Å². The summed E-state index contributed by atoms with van der Waals surface area (Å²) in [5.41, 5.74) is 5.06. The van der Waals surface area contributed by atoms with Gasteiger partial charge in [-0.3, -0.25) is 8.98 Å². The monoisotopic (exact) mass is 988 g/mol. The minimum Gasteiger partial charge on any atom is -0.457 e. The smallest absolute Gasteiger partial charge is 0.303 e. The van der Waals surface area contributed by atoms with Gasteiger partial charge in [-0.05, 0) is 46.9 Å². The molecule has 0 spiro atoms. The van der Waals surface area contributed by atoms with E-state index < -0.39 is 84.1 Å². The van der Waals surface area contributed by atoms with Crippen LogP contribution in [0.2, 0.25) is 0 Å². The quantitative estimate of drug-likeness (QED) is 0.0485. The molecule has 374 valence electrons. The molecular weight excluding hydrogens is 929 g/mol. The maximum Gasteiger partial charge on any atom is 0.303 e. The lowest BCUT2D eigenvalue weighted by molar-refractivity contribution is -0.371. The predicted octanol–water partition coefficient (Wildman–Crippen LogP) is 8.02. The number of benzene rings is 6. The highest BCUT2D eigenvalue weighted by Gasteiger charge is 2.55. The van der Waals surface area contributed by atoms with Crippen LogP contribution < -0.4 is 0 Å². The van der Waals surface area contributed by atoms with Crippen LogP contribution in [-0.4, -0.2) is 94.1 Å². The Bertz CT molecular complexity index is 2610. The summed E-state index contributed by atoms with van der Waals surface area (Å²) < 4.78 is 92.8. The maximum atomic E-state index is 13.8. The van der Waals surface area contributed by atoms with Crippen molar-refractivity contribution in [1.29, 1.82) is 0 Å². The van der Waals surface area contributed by atoms with E-state index in [9.17, 15) is 18.3 Å². The third kappa shape index (κ3) is 14.7. The van der Waals surface area contributed by atoms with E-state index in [1.165, 1.54) is 19.1 Å². The van der Waals surface area contributed by atoms with Gasteiger partial charge in [0.15, 0.2) is 18.7 Å². The fourth-order valence-corrected chi connectivity index (χ4v) is 9.32. The van der Waals surface area contributed by atoms with Gasteiger partial charge in [-0.1, -0.05) is 169 Å². The van der Waals surface area contributed by atoms with Crippen molar-refractivity contribution in [2.45, 2.75) is 113 Å². The van der Waals surface area contributed by atoms with Crippen LogP contribution in [0.1, 0.15) is 40.3 Å². The number of hydrogen-bond acceptors (Lipinski definition) is 14. The fourth-order valence-electron chi connectivity index (χ4n) is 8.40. The number of esters is 1. The molecule has 0 aromatic heterocycles. The average Bonchev–Trinajstić information content (AvgIpc) is 3.39. The van der Waals surface area contributed by atoms with Crippen molar-refractivity contribution in [3.8, 4) is 0 Å². The summed E-state index contributed by atoms with van der Waals surface area (Å²) in [5.74, 6) is -0.683. The Morgan fingerprint density at radius 3 is 1.37 bits per heavy atom. The van der Waals surface area contributed by atoms with Crippen LogP contribution in [0, 0.1) is 6.92 Å². The Kier molecular flexibility index (Phi) is 18.7. The topological polar surface area (TPSA) is 164 Å². The van der Waals surface area contributed by atoms with Gasteiger partial charge >= 0.3 is 5.97 Å². The minimum atomic E-state index is -4.37. The van der Waals surface area contributed by atoms with Crippen molar-refractivity contribution in [2.75, 3.05) is 13.2 Å². The van der Waals surface area contributed by atoms with E-state index in [-0.39, 0.29) is 44.5 Å². The number of carbonyl (C=O) groups excluding carboxylic acids is 1. The Balaban J connectivity index is 1.19. The first-order valence-electron chi connectivity index (χ1n) is 23.6. The molecule has 10 atom stereocenters. The lowest BCUT2D eigenvalue weighted by Gasteiger charge is -2.49. The van der Waals surface area contributed by atoms with E-state index in [1.807, 2.05) is 159 Å². The zero-order valence-corrected chi connectivity index (χ0v) is 40.4. The summed E-state index contributed by atoms with van der Waals surface area (Å²) in [4.78, 5) is 13.0. The van der Waals surface area contributed by atoms with Crippen LogP contribution in [0.25, 0.3) is 0 Å². The number of rotatable bonds is 23. The Morgan fingerprint density at radius 1 is 0.493 bits per heavy atom. The molecule has 2 saturated heterocycles. The molecule has 0 bridgehead atoms. The highest BCUT2D eigenvalue weighted by atomic mass is 32.2. The van der Waals surface area contributed by atoms with E-state index in [0.717, 1.165) is 33.4 Å². The Morgan fingerprint density at radius 2 is 0.901 bits per heavy atom. The molecule has 6 aromatic carbocycles. The van der Waals surface area contributed by atoms with Gasteiger partial charge in [0.2, 0.25) is 0 Å². The van der Waals surface area contributed by atoms with Crippen molar-refractivity contribution in [2.24, 2.45) is 0 Å². The van der Waals surface area contributed by atoms with Gasteiger partial charge in [0.05, 0.1) is 51.1 Å². The van der Waals surface area contributed by atoms with Crippen molar-refractivity contribution >= 4 is 16.1 Å². The largest absolute Gasteiger partial charge is 0.457 e. The number of aliphatic hydroxyl groups is 1. The summed E-state index contributed by atoms with van der Waals surface area (Å²) in [6.45, 7) is 2.85. The summed E-state index contributed by atoms with van der Waals surface area (Å²) in [5, 5.41) is 11.9. The highest BCUT2D eigenvalue weighted by molar-refractivity contribution is 7.86. The molecular formula is C56H60O14S. The Hall–Kier alpha value is -5.66. The third-order valence-corrected chi connectivity index (χ3v) is 13.3. The number of aliphatic hydroxyl groups excluding tert-OH is 1. The first-order chi connectivity index (χ1) is 34.6. The molecule has 6 aromatic rings. The van der Waals surface area contributed by atoms with Crippen molar-refractivity contribution < 1.29 is 65.1 Å². The summed E-state index contributed by atoms with van der Waals surface area (Å²) in [7, 11) is -4.37. The minimum absolute atomic E-state index is 0.0311. The maximum absolute atomic E-state index is 13.8. The average molecular weight is 989 g/mol. The number of aryl methyl sites for hydroxylation is 1. The van der Waals surface area contributed by atoms with Gasteiger partial charge in [0.25, 0.3) is 10.1 Å². The van der Waals surface area contributed by atoms with Crippen molar-refractivity contribution in [3.63, 3.8) is 0 Å². The van der Waals surface area contributed by atoms with Crippen LogP contribution in [-0.2, 0) is 94.8 Å². The van der Waals surface area contributed by atoms with Gasteiger partial charge in [-0.15, -0.1) is 0 Å². The van der Waals surface area contributed by atoms with Crippen molar-refractivity contribution in [1.82, 2.24) is 0 Å². The zero-order valence-electron chi connectivity index (χ0n) is 39.6. The molecule has 0 amide bonds. The first-order valence-corrected chi connectivity index (χ1v) is 25.0. The second-order valence-electron chi connectivity index (χ2n) is 17.4. The standard InChI is InChI=1S/C56H60O14S/c1-39-28-30-46(31-29-39)71(59,60)66-38-48-49(67-40(2)57)52(63-34-43-22-12-5-13-23-43)54(65-36-45-26-16-7-17-27-45)56(69-48)70-50-47(37-61-32-41-18-8-3-9-19-41)68-55(58)53(64-35-44-24-14-6-15-25-44)51(50)62-33-42-20-10-4-11-21-42/h3-31,47-56,58H,32-38H2,1-2H3/t47-,48-,49-,50-,51+,52+,53-,54-,55-,56+/m1/s1. The van der Waals surface area contributed by atoms with Crippen LogP contribution >= 0.6 is 0 Å². The second kappa shape index (κ2) is 25.6. The van der Waals surface area contributed by atoms with E-state index in [4.69, 9.17) is 46.8 Å². The molecule has 0 aliphatic carbocycles. The third-order valence-electron chi connectivity index (χ3n) is 12.0. The molecule has 15 heteroatoms. The van der Waals surface area contributed by atoms with E-state index in [1.54, 1.807) is 12.1 Å². The van der Waals surface area contributed by atoms with Crippen LogP contribution in [0.15, 0.2) is 181 Å². The molecule has 2 aliphatic heterocycles. The normalized spacial score (nSPS) is 24.5. The Labute approximate surface area is 415 Å². The molecule has 2 heterocycles. The predicted molar refractivity (Wildman–Crippen MR) is 260 cm³/mol. The van der Waals surface area contributed by atoms with Crippen LogP contribution in [0.3, 0.4) is 0 Å². The lowest BCUT2D eigenvalue weighted by atomic mass is 9.96. The number of hydrogen-bond donors (Lipinski definition) is 1. The van der Waals surface area contributed by atoms with Gasteiger partial charge < -0.3 is 47.7 Å². The number of carbonyl (C=O) groups is 1. The zero-order chi connectivity index (χ0) is 49.4. The summed E-state index contributed by atoms with van der Waals surface area (Å²) in [6, 6.07) is 53.7. The van der Waals surface area contributed by atoms with Gasteiger partial charge in [0.1, 0.15) is 42.7 Å². The molecule has 0 saturated carbocycles.